The molecule has 0 bridgehead atoms. The number of nitrogens with one attached hydrogen (secondary N) is 1. The highest BCUT2D eigenvalue weighted by molar-refractivity contribution is 7.89. The highest BCUT2D eigenvalue weighted by Crippen LogP contribution is 2.31. The molecule has 1 aromatic carbocycles. The summed E-state index contributed by atoms with van der Waals surface area (Å²) in [6, 6.07) is -0.398. The van der Waals surface area contributed by atoms with Crippen LogP contribution in [0.4, 0.5) is 10.1 Å². The van der Waals surface area contributed by atoms with Crippen molar-refractivity contribution in [1.29, 1.82) is 0 Å². The van der Waals surface area contributed by atoms with Gasteiger partial charge in [-0.2, -0.15) is 4.39 Å². The Kier molecular flexibility index (Phi) is 5.34. The minimum atomic E-state index is -4.26. The number of nitro groups is 1. The molecule has 21 heavy (non-hydrogen) atoms. The van der Waals surface area contributed by atoms with Crippen LogP contribution in [0.1, 0.15) is 11.1 Å². The number of sulfonamides is 1. The summed E-state index contributed by atoms with van der Waals surface area (Å²) in [5, 5.41) is 28.7. The van der Waals surface area contributed by atoms with Gasteiger partial charge in [0.1, 0.15) is 0 Å². The molecule has 0 unspecified atom stereocenters. The molecule has 0 amide bonds. The molecule has 8 nitrogen and oxygen atoms in total. The van der Waals surface area contributed by atoms with Crippen LogP contribution >= 0.6 is 0 Å². The summed E-state index contributed by atoms with van der Waals surface area (Å²) in [5.41, 5.74) is -1.29. The number of aliphatic hydroxyl groups is 2. The second-order valence-corrected chi connectivity index (χ2v) is 6.07. The molecule has 118 valence electrons. The second kappa shape index (κ2) is 6.43. The van der Waals surface area contributed by atoms with E-state index in [-0.39, 0.29) is 11.1 Å². The molecule has 3 N–H and O–H groups in total. The fourth-order valence-electron chi connectivity index (χ4n) is 1.95. The van der Waals surface area contributed by atoms with Gasteiger partial charge in [-0.1, -0.05) is 0 Å². The molecule has 1 aromatic rings. The van der Waals surface area contributed by atoms with Gasteiger partial charge in [-0.3, -0.25) is 10.1 Å². The number of rotatable bonds is 6. The monoisotopic (exact) mass is 322 g/mol. The molecule has 0 saturated heterocycles. The Morgan fingerprint density at radius 2 is 1.90 bits per heavy atom. The summed E-state index contributed by atoms with van der Waals surface area (Å²) in [5.74, 6) is -1.13. The predicted octanol–water partition coefficient (Wildman–Crippen LogP) is -0.0178. The first-order chi connectivity index (χ1) is 9.65. The fourth-order valence-corrected chi connectivity index (χ4v) is 3.64. The lowest BCUT2D eigenvalue weighted by atomic mass is 10.1. The minimum Gasteiger partial charge on any atom is -0.395 e. The van der Waals surface area contributed by atoms with Gasteiger partial charge in [0, 0.05) is 0 Å². The maximum Gasteiger partial charge on any atom is 0.309 e. The van der Waals surface area contributed by atoms with Crippen LogP contribution in [-0.4, -0.2) is 42.8 Å². The summed E-state index contributed by atoms with van der Waals surface area (Å²) in [7, 11) is -4.26. The third-order valence-electron chi connectivity index (χ3n) is 2.84. The van der Waals surface area contributed by atoms with Gasteiger partial charge in [0.2, 0.25) is 15.8 Å². The minimum absolute atomic E-state index is 0.0160. The quantitative estimate of drug-likeness (QED) is 0.498. The van der Waals surface area contributed by atoms with Gasteiger partial charge in [-0.25, -0.2) is 13.1 Å². The van der Waals surface area contributed by atoms with Crippen molar-refractivity contribution >= 4 is 15.7 Å². The van der Waals surface area contributed by atoms with Gasteiger partial charge in [0.25, 0.3) is 0 Å². The van der Waals surface area contributed by atoms with Crippen molar-refractivity contribution in [3.05, 3.63) is 33.1 Å². The smallest absolute Gasteiger partial charge is 0.309 e. The van der Waals surface area contributed by atoms with Gasteiger partial charge in [0.05, 0.1) is 34.6 Å². The number of halogens is 1. The van der Waals surface area contributed by atoms with Crippen LogP contribution in [0.2, 0.25) is 0 Å². The van der Waals surface area contributed by atoms with Gasteiger partial charge in [0.15, 0.2) is 0 Å². The van der Waals surface area contributed by atoms with Crippen LogP contribution in [0.25, 0.3) is 0 Å². The van der Waals surface area contributed by atoms with Crippen molar-refractivity contribution in [3.63, 3.8) is 0 Å². The maximum atomic E-state index is 13.6. The van der Waals surface area contributed by atoms with Crippen LogP contribution in [-0.2, 0) is 10.0 Å². The predicted molar refractivity (Wildman–Crippen MR) is 70.8 cm³/mol. The first kappa shape index (κ1) is 17.4. The third-order valence-corrected chi connectivity index (χ3v) is 4.65. The number of nitro benzene ring substituents is 1. The van der Waals surface area contributed by atoms with Crippen molar-refractivity contribution < 1.29 is 27.9 Å². The zero-order valence-electron chi connectivity index (χ0n) is 11.3. The molecule has 0 fully saturated rings. The molecule has 0 saturated carbocycles. The van der Waals surface area contributed by atoms with Crippen molar-refractivity contribution in [1.82, 2.24) is 4.72 Å². The van der Waals surface area contributed by atoms with Crippen LogP contribution in [0.5, 0.6) is 0 Å². The van der Waals surface area contributed by atoms with Crippen molar-refractivity contribution in [2.75, 3.05) is 13.2 Å². The number of benzene rings is 1. The van der Waals surface area contributed by atoms with Crippen LogP contribution in [0.3, 0.4) is 0 Å². The van der Waals surface area contributed by atoms with Gasteiger partial charge < -0.3 is 10.2 Å². The highest BCUT2D eigenvalue weighted by Gasteiger charge is 2.30. The maximum absolute atomic E-state index is 13.6. The number of aryl methyl sites for hydroxylation is 1. The van der Waals surface area contributed by atoms with Gasteiger partial charge in [-0.05, 0) is 25.5 Å². The van der Waals surface area contributed by atoms with E-state index in [4.69, 9.17) is 10.2 Å². The largest absolute Gasteiger partial charge is 0.395 e. The normalized spacial score (nSPS) is 11.9. The van der Waals surface area contributed by atoms with E-state index < -0.39 is 50.6 Å². The molecular formula is C11H15FN2O6S. The van der Waals surface area contributed by atoms with Crippen molar-refractivity contribution in [2.45, 2.75) is 24.8 Å². The standard InChI is InChI=1S/C11H15FN2O6S/c1-6-3-9(12)10(14(17)18)7(2)11(6)21(19,20)13-8(4-15)5-16/h3,8,13,15-16H,4-5H2,1-2H3. The molecule has 0 aliphatic heterocycles. The Morgan fingerprint density at radius 3 is 2.33 bits per heavy atom. The first-order valence-electron chi connectivity index (χ1n) is 5.83. The summed E-state index contributed by atoms with van der Waals surface area (Å²) in [6.07, 6.45) is 0. The van der Waals surface area contributed by atoms with E-state index in [1.807, 2.05) is 4.72 Å². The Balaban J connectivity index is 3.49. The SMILES string of the molecule is Cc1cc(F)c([N+](=O)[O-])c(C)c1S(=O)(=O)NC(CO)CO. The van der Waals surface area contributed by atoms with E-state index in [9.17, 15) is 22.9 Å². The van der Waals surface area contributed by atoms with E-state index in [1.54, 1.807) is 0 Å². The average molecular weight is 322 g/mol. The van der Waals surface area contributed by atoms with E-state index in [0.29, 0.717) is 0 Å². The second-order valence-electron chi connectivity index (χ2n) is 4.42. The highest BCUT2D eigenvalue weighted by atomic mass is 32.2. The topological polar surface area (TPSA) is 130 Å². The molecule has 0 atom stereocenters. The first-order valence-corrected chi connectivity index (χ1v) is 7.32. The zero-order chi connectivity index (χ0) is 16.4. The lowest BCUT2D eigenvalue weighted by Gasteiger charge is -2.17. The van der Waals surface area contributed by atoms with Crippen LogP contribution in [0.15, 0.2) is 11.0 Å². The average Bonchev–Trinajstić information content (AvgIpc) is 2.34. The summed E-state index contributed by atoms with van der Waals surface area (Å²) >= 11 is 0. The Bertz CT molecular complexity index is 657. The van der Waals surface area contributed by atoms with Crippen LogP contribution in [0, 0.1) is 29.8 Å². The zero-order valence-corrected chi connectivity index (χ0v) is 12.1. The Hall–Kier alpha value is -1.62. The number of hydrogen-bond donors (Lipinski definition) is 3. The molecule has 0 aliphatic rings. The molecule has 0 spiro atoms. The third kappa shape index (κ3) is 3.53. The van der Waals surface area contributed by atoms with Crippen LogP contribution < -0.4 is 4.72 Å². The number of hydrogen-bond acceptors (Lipinski definition) is 6. The Morgan fingerprint density at radius 1 is 1.38 bits per heavy atom. The van der Waals surface area contributed by atoms with Gasteiger partial charge >= 0.3 is 5.69 Å². The molecule has 1 rings (SSSR count). The van der Waals surface area contributed by atoms with Crippen molar-refractivity contribution in [3.8, 4) is 0 Å². The molecular weight excluding hydrogens is 307 g/mol. The molecule has 0 aromatic heterocycles. The fraction of sp³-hybridized carbons (Fsp3) is 0.455. The van der Waals surface area contributed by atoms with E-state index in [0.717, 1.165) is 13.0 Å². The molecule has 0 radical (unpaired) electrons. The van der Waals surface area contributed by atoms with Gasteiger partial charge in [-0.15, -0.1) is 0 Å². The molecule has 10 heteroatoms. The number of nitrogens with zero attached hydrogens (tertiary/aromatic N) is 1. The summed E-state index contributed by atoms with van der Waals surface area (Å²) in [6.45, 7) is 1.10. The number of aliphatic hydroxyl groups excluding tert-OH is 2. The van der Waals surface area contributed by atoms with E-state index in [2.05, 4.69) is 0 Å². The summed E-state index contributed by atoms with van der Waals surface area (Å²) in [4.78, 5) is 9.39. The van der Waals surface area contributed by atoms with E-state index in [1.165, 1.54) is 6.92 Å². The lowest BCUT2D eigenvalue weighted by Crippen LogP contribution is -2.40. The lowest BCUT2D eigenvalue weighted by molar-refractivity contribution is -0.388. The van der Waals surface area contributed by atoms with E-state index >= 15 is 0 Å². The molecule has 0 heterocycles. The summed E-state index contributed by atoms with van der Waals surface area (Å²) < 4.78 is 40.0. The Labute approximate surface area is 120 Å². The molecule has 0 aliphatic carbocycles. The van der Waals surface area contributed by atoms with Crippen molar-refractivity contribution in [2.24, 2.45) is 0 Å².